The summed E-state index contributed by atoms with van der Waals surface area (Å²) in [5, 5.41) is 4.02. The fourth-order valence-electron chi connectivity index (χ4n) is 3.03. The first-order chi connectivity index (χ1) is 16.5. The van der Waals surface area contributed by atoms with Crippen molar-refractivity contribution in [3.05, 3.63) is 89.5 Å². The van der Waals surface area contributed by atoms with Gasteiger partial charge in [-0.1, -0.05) is 24.3 Å². The molecule has 0 spiro atoms. The molecule has 1 amide bonds. The fourth-order valence-corrected chi connectivity index (χ4v) is 3.98. The third-order valence-corrected chi connectivity index (χ3v) is 6.04. The molecule has 0 heterocycles. The molecule has 3 aromatic carbocycles. The van der Waals surface area contributed by atoms with E-state index in [0.717, 1.165) is 12.1 Å². The molecule has 0 saturated heterocycles. The molecule has 0 bridgehead atoms. The van der Waals surface area contributed by atoms with E-state index in [-0.39, 0.29) is 23.4 Å². The third kappa shape index (κ3) is 6.82. The number of carbonyl (C=O) groups excluding carboxylic acids is 1. The molecule has 0 radical (unpaired) electrons. The predicted octanol–water partition coefficient (Wildman–Crippen LogP) is 4.56. The minimum Gasteiger partial charge on any atom is -0.497 e. The van der Waals surface area contributed by atoms with Crippen molar-refractivity contribution < 1.29 is 35.3 Å². The molecular formula is C24H21F3N2O5S. The van der Waals surface area contributed by atoms with Crippen LogP contribution in [0.25, 0.3) is 0 Å². The van der Waals surface area contributed by atoms with Crippen LogP contribution < -0.4 is 14.3 Å². The lowest BCUT2D eigenvalue weighted by molar-refractivity contribution is -0.137. The second-order valence-electron chi connectivity index (χ2n) is 7.32. The van der Waals surface area contributed by atoms with Crippen LogP contribution in [0.1, 0.15) is 23.6 Å². The molecule has 7 nitrogen and oxygen atoms in total. The summed E-state index contributed by atoms with van der Waals surface area (Å²) in [5.74, 6) is 0.0967. The van der Waals surface area contributed by atoms with E-state index in [2.05, 4.69) is 10.5 Å². The Bertz CT molecular complexity index is 1340. The SMILES string of the molecule is COc1cccc(CC(=O)N/N=C(\C)c2ccccc2OS(=O)(=O)c2ccc(C(F)(F)F)cc2)c1. The number of para-hydroxylation sites is 1. The summed E-state index contributed by atoms with van der Waals surface area (Å²) in [7, 11) is -2.91. The van der Waals surface area contributed by atoms with Crippen molar-refractivity contribution in [3.63, 3.8) is 0 Å². The maximum atomic E-state index is 12.8. The van der Waals surface area contributed by atoms with E-state index in [1.165, 1.54) is 25.3 Å². The molecule has 0 saturated carbocycles. The first-order valence-electron chi connectivity index (χ1n) is 10.2. The predicted molar refractivity (Wildman–Crippen MR) is 123 cm³/mol. The number of alkyl halides is 3. The Kier molecular flexibility index (Phi) is 7.80. The number of halogens is 3. The molecule has 0 aromatic heterocycles. The maximum absolute atomic E-state index is 12.8. The summed E-state index contributed by atoms with van der Waals surface area (Å²) in [6.45, 7) is 1.54. The Hall–Kier alpha value is -3.86. The van der Waals surface area contributed by atoms with Crippen LogP contribution in [-0.4, -0.2) is 27.1 Å². The molecule has 35 heavy (non-hydrogen) atoms. The highest BCUT2D eigenvalue weighted by molar-refractivity contribution is 7.87. The van der Waals surface area contributed by atoms with Crippen molar-refractivity contribution in [3.8, 4) is 11.5 Å². The quantitative estimate of drug-likeness (QED) is 0.275. The van der Waals surface area contributed by atoms with Gasteiger partial charge in [-0.05, 0) is 61.0 Å². The highest BCUT2D eigenvalue weighted by Crippen LogP contribution is 2.30. The second-order valence-corrected chi connectivity index (χ2v) is 8.86. The molecule has 0 fully saturated rings. The van der Waals surface area contributed by atoms with E-state index >= 15 is 0 Å². The van der Waals surface area contributed by atoms with Crippen molar-refractivity contribution in [2.45, 2.75) is 24.4 Å². The lowest BCUT2D eigenvalue weighted by Crippen LogP contribution is -2.21. The average Bonchev–Trinajstić information content (AvgIpc) is 2.82. The van der Waals surface area contributed by atoms with Gasteiger partial charge >= 0.3 is 16.3 Å². The molecular weight excluding hydrogens is 485 g/mol. The smallest absolute Gasteiger partial charge is 0.416 e. The van der Waals surface area contributed by atoms with Crippen molar-refractivity contribution in [2.24, 2.45) is 5.10 Å². The fraction of sp³-hybridized carbons (Fsp3) is 0.167. The summed E-state index contributed by atoms with van der Waals surface area (Å²) >= 11 is 0. The van der Waals surface area contributed by atoms with E-state index in [9.17, 15) is 26.4 Å². The highest BCUT2D eigenvalue weighted by atomic mass is 32.2. The molecule has 0 atom stereocenters. The monoisotopic (exact) mass is 506 g/mol. The number of carbonyl (C=O) groups is 1. The highest BCUT2D eigenvalue weighted by Gasteiger charge is 2.31. The lowest BCUT2D eigenvalue weighted by atomic mass is 10.1. The van der Waals surface area contributed by atoms with Gasteiger partial charge in [0.15, 0.2) is 5.75 Å². The molecule has 3 aromatic rings. The minimum atomic E-state index is -4.60. The number of rotatable bonds is 8. The van der Waals surface area contributed by atoms with Crippen LogP contribution in [0.5, 0.6) is 11.5 Å². The number of nitrogens with one attached hydrogen (secondary N) is 1. The topological polar surface area (TPSA) is 94.1 Å². The number of hydrogen-bond acceptors (Lipinski definition) is 6. The number of methoxy groups -OCH3 is 1. The second kappa shape index (κ2) is 10.6. The van der Waals surface area contributed by atoms with E-state index in [4.69, 9.17) is 8.92 Å². The standard InChI is InChI=1S/C24H21F3N2O5S/c1-16(28-29-23(30)15-17-6-5-7-19(14-17)33-2)21-8-3-4-9-22(21)34-35(31,32)20-12-10-18(11-13-20)24(25,26)27/h3-14H,15H2,1-2H3,(H,29,30)/b28-16+. The largest absolute Gasteiger partial charge is 0.497 e. The minimum absolute atomic E-state index is 0.0361. The van der Waals surface area contributed by atoms with Gasteiger partial charge in [-0.15, -0.1) is 0 Å². The molecule has 11 heteroatoms. The molecule has 0 aliphatic carbocycles. The zero-order valence-electron chi connectivity index (χ0n) is 18.7. The average molecular weight is 507 g/mol. The van der Waals surface area contributed by atoms with Crippen LogP contribution in [0.2, 0.25) is 0 Å². The van der Waals surface area contributed by atoms with Gasteiger partial charge in [-0.2, -0.15) is 26.7 Å². The molecule has 3 rings (SSSR count). The number of ether oxygens (including phenoxy) is 1. The van der Waals surface area contributed by atoms with Crippen LogP contribution in [0, 0.1) is 0 Å². The summed E-state index contributed by atoms with van der Waals surface area (Å²) in [6.07, 6.45) is -4.56. The number of hydrazone groups is 1. The summed E-state index contributed by atoms with van der Waals surface area (Å²) in [4.78, 5) is 11.8. The summed E-state index contributed by atoms with van der Waals surface area (Å²) in [6, 6.07) is 16.0. The van der Waals surface area contributed by atoms with Gasteiger partial charge in [0.2, 0.25) is 5.91 Å². The van der Waals surface area contributed by atoms with Crippen molar-refractivity contribution in [2.75, 3.05) is 7.11 Å². The Morgan fingerprint density at radius 3 is 2.34 bits per heavy atom. The van der Waals surface area contributed by atoms with E-state index in [1.54, 1.807) is 37.3 Å². The Balaban J connectivity index is 1.75. The van der Waals surface area contributed by atoms with Crippen LogP contribution in [0.3, 0.4) is 0 Å². The molecule has 0 aliphatic rings. The van der Waals surface area contributed by atoms with Gasteiger partial charge in [-0.25, -0.2) is 5.43 Å². The Labute approximate surface area is 200 Å². The Morgan fingerprint density at radius 1 is 1.00 bits per heavy atom. The van der Waals surface area contributed by atoms with Gasteiger partial charge in [0.25, 0.3) is 0 Å². The molecule has 1 N–H and O–H groups in total. The first-order valence-corrected chi connectivity index (χ1v) is 11.6. The maximum Gasteiger partial charge on any atom is 0.416 e. The zero-order valence-corrected chi connectivity index (χ0v) is 19.5. The van der Waals surface area contributed by atoms with Gasteiger partial charge < -0.3 is 8.92 Å². The number of amides is 1. The van der Waals surface area contributed by atoms with E-state index < -0.39 is 32.7 Å². The molecule has 0 unspecified atom stereocenters. The van der Waals surface area contributed by atoms with Crippen LogP contribution in [0.4, 0.5) is 13.2 Å². The number of nitrogens with zero attached hydrogens (tertiary/aromatic N) is 1. The van der Waals surface area contributed by atoms with Gasteiger partial charge in [0.05, 0.1) is 24.8 Å². The van der Waals surface area contributed by atoms with Crippen molar-refractivity contribution in [1.82, 2.24) is 5.43 Å². The summed E-state index contributed by atoms with van der Waals surface area (Å²) < 4.78 is 73.9. The number of hydrogen-bond donors (Lipinski definition) is 1. The Morgan fingerprint density at radius 2 is 1.69 bits per heavy atom. The number of benzene rings is 3. The first kappa shape index (κ1) is 25.8. The lowest BCUT2D eigenvalue weighted by Gasteiger charge is -2.12. The van der Waals surface area contributed by atoms with Crippen molar-refractivity contribution >= 4 is 21.7 Å². The normalized spacial score (nSPS) is 12.2. The molecule has 0 aliphatic heterocycles. The van der Waals surface area contributed by atoms with Crippen LogP contribution in [-0.2, 0) is 27.5 Å². The van der Waals surface area contributed by atoms with Crippen LogP contribution in [0.15, 0.2) is 82.8 Å². The van der Waals surface area contributed by atoms with E-state index in [1.807, 2.05) is 0 Å². The summed E-state index contributed by atoms with van der Waals surface area (Å²) in [5.41, 5.74) is 2.65. The van der Waals surface area contributed by atoms with Crippen molar-refractivity contribution in [1.29, 1.82) is 0 Å². The molecule has 184 valence electrons. The van der Waals surface area contributed by atoms with Gasteiger partial charge in [-0.3, -0.25) is 4.79 Å². The zero-order chi connectivity index (χ0) is 25.6. The van der Waals surface area contributed by atoms with E-state index in [0.29, 0.717) is 23.4 Å². The van der Waals surface area contributed by atoms with Gasteiger partial charge in [0.1, 0.15) is 10.6 Å². The van der Waals surface area contributed by atoms with Gasteiger partial charge in [0, 0.05) is 5.56 Å². The van der Waals surface area contributed by atoms with Crippen LogP contribution >= 0.6 is 0 Å². The third-order valence-electron chi connectivity index (χ3n) is 4.79.